The van der Waals surface area contributed by atoms with Crippen molar-refractivity contribution in [2.45, 2.75) is 39.4 Å². The van der Waals surface area contributed by atoms with Crippen LogP contribution in [0.2, 0.25) is 0 Å². The second-order valence-corrected chi connectivity index (χ2v) is 5.98. The number of hydrogen-bond acceptors (Lipinski definition) is 2. The van der Waals surface area contributed by atoms with Crippen molar-refractivity contribution in [1.82, 2.24) is 5.32 Å². The van der Waals surface area contributed by atoms with Crippen LogP contribution in [0.15, 0.2) is 48.5 Å². The number of rotatable bonds is 3. The molecule has 0 amide bonds. The van der Waals surface area contributed by atoms with Gasteiger partial charge in [-0.1, -0.05) is 55.0 Å². The minimum absolute atomic E-state index is 0.558. The Kier molecular flexibility index (Phi) is 4.26. The van der Waals surface area contributed by atoms with E-state index in [9.17, 15) is 0 Å². The lowest BCUT2D eigenvalue weighted by Crippen LogP contribution is -2.37. The second-order valence-electron chi connectivity index (χ2n) is 5.98. The normalized spacial score (nSPS) is 18.2. The molecular weight excluding hydrogens is 256 g/mol. The van der Waals surface area contributed by atoms with Crippen molar-refractivity contribution in [1.29, 1.82) is 0 Å². The third-order valence-electron chi connectivity index (χ3n) is 4.30. The van der Waals surface area contributed by atoms with Gasteiger partial charge in [0.25, 0.3) is 0 Å². The van der Waals surface area contributed by atoms with Gasteiger partial charge in [0.15, 0.2) is 0 Å². The van der Waals surface area contributed by atoms with Crippen LogP contribution in [0, 0.1) is 6.92 Å². The zero-order valence-corrected chi connectivity index (χ0v) is 13.0. The Morgan fingerprint density at radius 3 is 2.81 bits per heavy atom. The topological polar surface area (TPSA) is 15.3 Å². The van der Waals surface area contributed by atoms with Crippen LogP contribution in [0.4, 0.5) is 5.69 Å². The van der Waals surface area contributed by atoms with Crippen LogP contribution < -0.4 is 10.2 Å². The smallest absolute Gasteiger partial charge is 0.0430 e. The number of aryl methyl sites for hydroxylation is 1. The standard InChI is InChI=1S/C19H24N2/c1-3-18-14-21(13-16-8-6-7-15(2)11-16)19-10-5-4-9-17(19)12-20-18/h4-11,18,20H,3,12-14H2,1-2H3. The van der Waals surface area contributed by atoms with Crippen molar-refractivity contribution in [3.8, 4) is 0 Å². The minimum Gasteiger partial charge on any atom is -0.365 e. The van der Waals surface area contributed by atoms with Crippen LogP contribution in [0.25, 0.3) is 0 Å². The Morgan fingerprint density at radius 1 is 1.14 bits per heavy atom. The van der Waals surface area contributed by atoms with Crippen LogP contribution in [-0.2, 0) is 13.1 Å². The molecule has 2 heteroatoms. The van der Waals surface area contributed by atoms with Crippen molar-refractivity contribution in [3.63, 3.8) is 0 Å². The highest BCUT2D eigenvalue weighted by Gasteiger charge is 2.20. The fourth-order valence-electron chi connectivity index (χ4n) is 3.11. The maximum Gasteiger partial charge on any atom is 0.0430 e. The molecule has 0 aromatic heterocycles. The van der Waals surface area contributed by atoms with Crippen molar-refractivity contribution >= 4 is 5.69 Å². The van der Waals surface area contributed by atoms with Gasteiger partial charge in [0.05, 0.1) is 0 Å². The molecule has 0 bridgehead atoms. The summed E-state index contributed by atoms with van der Waals surface area (Å²) in [6.07, 6.45) is 1.16. The Morgan fingerprint density at radius 2 is 2.00 bits per heavy atom. The first kappa shape index (κ1) is 14.2. The van der Waals surface area contributed by atoms with Crippen molar-refractivity contribution in [2.75, 3.05) is 11.4 Å². The summed E-state index contributed by atoms with van der Waals surface area (Å²) in [7, 11) is 0. The summed E-state index contributed by atoms with van der Waals surface area (Å²) in [5.41, 5.74) is 5.51. The molecule has 1 heterocycles. The molecule has 2 nitrogen and oxygen atoms in total. The number of nitrogens with zero attached hydrogens (tertiary/aromatic N) is 1. The van der Waals surface area contributed by atoms with Gasteiger partial charge in [0.2, 0.25) is 0 Å². The molecule has 0 spiro atoms. The highest BCUT2D eigenvalue weighted by atomic mass is 15.2. The van der Waals surface area contributed by atoms with Gasteiger partial charge < -0.3 is 10.2 Å². The van der Waals surface area contributed by atoms with Crippen molar-refractivity contribution in [3.05, 3.63) is 65.2 Å². The first-order valence-electron chi connectivity index (χ1n) is 7.88. The molecule has 2 aromatic carbocycles. The summed E-state index contributed by atoms with van der Waals surface area (Å²) >= 11 is 0. The first-order valence-corrected chi connectivity index (χ1v) is 7.88. The third kappa shape index (κ3) is 3.27. The highest BCUT2D eigenvalue weighted by molar-refractivity contribution is 5.55. The zero-order valence-electron chi connectivity index (χ0n) is 13.0. The van der Waals surface area contributed by atoms with E-state index in [1.54, 1.807) is 0 Å². The molecule has 1 aliphatic heterocycles. The van der Waals surface area contributed by atoms with Crippen LogP contribution in [0.3, 0.4) is 0 Å². The monoisotopic (exact) mass is 280 g/mol. The van der Waals surface area contributed by atoms with E-state index < -0.39 is 0 Å². The average Bonchev–Trinajstić information content (AvgIpc) is 2.67. The first-order chi connectivity index (χ1) is 10.3. The van der Waals surface area contributed by atoms with E-state index in [0.29, 0.717) is 6.04 Å². The van der Waals surface area contributed by atoms with Crippen molar-refractivity contribution in [2.24, 2.45) is 0 Å². The lowest BCUT2D eigenvalue weighted by atomic mass is 10.1. The number of anilines is 1. The molecular formula is C19H24N2. The van der Waals surface area contributed by atoms with E-state index >= 15 is 0 Å². The summed E-state index contributed by atoms with van der Waals surface area (Å²) in [6, 6.07) is 18.2. The van der Waals surface area contributed by atoms with Gasteiger partial charge in [0, 0.05) is 31.4 Å². The maximum absolute atomic E-state index is 3.67. The molecule has 0 radical (unpaired) electrons. The molecule has 0 saturated carbocycles. The number of hydrogen-bond donors (Lipinski definition) is 1. The van der Waals surface area contributed by atoms with Crippen LogP contribution in [-0.4, -0.2) is 12.6 Å². The summed E-state index contributed by atoms with van der Waals surface area (Å²) < 4.78 is 0. The molecule has 2 aromatic rings. The third-order valence-corrected chi connectivity index (χ3v) is 4.30. The summed E-state index contributed by atoms with van der Waals surface area (Å²) in [5, 5.41) is 3.67. The quantitative estimate of drug-likeness (QED) is 0.917. The Balaban J connectivity index is 1.90. The van der Waals surface area contributed by atoms with Crippen molar-refractivity contribution < 1.29 is 0 Å². The highest BCUT2D eigenvalue weighted by Crippen LogP contribution is 2.25. The SMILES string of the molecule is CCC1CN(Cc2cccc(C)c2)c2ccccc2CN1. The van der Waals surface area contributed by atoms with Crippen LogP contribution in [0.1, 0.15) is 30.0 Å². The molecule has 3 rings (SSSR count). The van der Waals surface area contributed by atoms with Gasteiger partial charge in [-0.3, -0.25) is 0 Å². The molecule has 21 heavy (non-hydrogen) atoms. The fraction of sp³-hybridized carbons (Fsp3) is 0.368. The minimum atomic E-state index is 0.558. The predicted molar refractivity (Wildman–Crippen MR) is 89.6 cm³/mol. The summed E-state index contributed by atoms with van der Waals surface area (Å²) in [6.45, 7) is 7.45. The van der Waals surface area contributed by atoms with Gasteiger partial charge >= 0.3 is 0 Å². The molecule has 0 aliphatic carbocycles. The van der Waals surface area contributed by atoms with E-state index in [2.05, 4.69) is 72.6 Å². The Hall–Kier alpha value is -1.80. The molecule has 1 aliphatic rings. The largest absolute Gasteiger partial charge is 0.365 e. The van der Waals surface area contributed by atoms with E-state index in [1.165, 1.54) is 22.4 Å². The number of benzene rings is 2. The molecule has 0 fully saturated rings. The van der Waals surface area contributed by atoms with E-state index in [-0.39, 0.29) is 0 Å². The van der Waals surface area contributed by atoms with Crippen LogP contribution >= 0.6 is 0 Å². The fourth-order valence-corrected chi connectivity index (χ4v) is 3.11. The summed E-state index contributed by atoms with van der Waals surface area (Å²) in [4.78, 5) is 2.53. The Labute approximate surface area is 127 Å². The van der Waals surface area contributed by atoms with E-state index in [4.69, 9.17) is 0 Å². The molecule has 1 unspecified atom stereocenters. The molecule has 110 valence electrons. The zero-order chi connectivity index (χ0) is 14.7. The van der Waals surface area contributed by atoms with Gasteiger partial charge in [0.1, 0.15) is 0 Å². The van der Waals surface area contributed by atoms with Gasteiger partial charge in [-0.05, 0) is 30.5 Å². The maximum atomic E-state index is 3.67. The molecule has 0 saturated heterocycles. The lowest BCUT2D eigenvalue weighted by molar-refractivity contribution is 0.502. The van der Waals surface area contributed by atoms with Crippen LogP contribution in [0.5, 0.6) is 0 Å². The van der Waals surface area contributed by atoms with Gasteiger partial charge in [-0.25, -0.2) is 0 Å². The van der Waals surface area contributed by atoms with E-state index in [1.807, 2.05) is 0 Å². The average molecular weight is 280 g/mol. The molecule has 1 atom stereocenters. The summed E-state index contributed by atoms with van der Waals surface area (Å²) in [5.74, 6) is 0. The number of para-hydroxylation sites is 1. The number of nitrogens with one attached hydrogen (secondary N) is 1. The predicted octanol–water partition coefficient (Wildman–Crippen LogP) is 3.88. The molecule has 1 N–H and O–H groups in total. The number of fused-ring (bicyclic) bond motifs is 1. The lowest BCUT2D eigenvalue weighted by Gasteiger charge is -2.27. The van der Waals surface area contributed by atoms with E-state index in [0.717, 1.165) is 26.1 Å². The van der Waals surface area contributed by atoms with Gasteiger partial charge in [-0.15, -0.1) is 0 Å². The Bertz CT molecular complexity index is 606. The second kappa shape index (κ2) is 6.31. The van der Waals surface area contributed by atoms with Gasteiger partial charge in [-0.2, -0.15) is 0 Å².